The minimum absolute atomic E-state index is 0.0319. The molecule has 0 spiro atoms. The van der Waals surface area contributed by atoms with Gasteiger partial charge in [0.15, 0.2) is 0 Å². The Morgan fingerprint density at radius 1 is 1.50 bits per heavy atom. The number of carboxylic acid groups (broad SMARTS) is 1. The summed E-state index contributed by atoms with van der Waals surface area (Å²) >= 11 is 0. The van der Waals surface area contributed by atoms with Gasteiger partial charge in [-0.05, 0) is 31.0 Å². The molecular formula is C12H16N2O5S. The summed E-state index contributed by atoms with van der Waals surface area (Å²) in [5, 5.41) is 9.04. The van der Waals surface area contributed by atoms with Crippen LogP contribution >= 0.6 is 0 Å². The number of hydrogen-bond donors (Lipinski definition) is 3. The zero-order valence-electron chi connectivity index (χ0n) is 10.7. The van der Waals surface area contributed by atoms with Crippen molar-refractivity contribution in [3.63, 3.8) is 0 Å². The summed E-state index contributed by atoms with van der Waals surface area (Å²) in [4.78, 5) is 11.1. The standard InChI is InChI=1S/C12H16N2O5S/c13-8-3-4-10(12(15)16)11(6-8)14-20(17,18)7-9-2-1-5-19-9/h3-4,6,9,14H,1-2,5,7,13H2,(H,15,16). The van der Waals surface area contributed by atoms with Crippen molar-refractivity contribution in [2.24, 2.45) is 0 Å². The van der Waals surface area contributed by atoms with Gasteiger partial charge in [0.05, 0.1) is 23.1 Å². The third kappa shape index (κ3) is 3.61. The Bertz CT molecular complexity index is 608. The van der Waals surface area contributed by atoms with E-state index in [1.54, 1.807) is 0 Å². The first kappa shape index (κ1) is 14.6. The summed E-state index contributed by atoms with van der Waals surface area (Å²) < 4.78 is 31.6. The van der Waals surface area contributed by atoms with E-state index in [1.165, 1.54) is 18.2 Å². The van der Waals surface area contributed by atoms with Crippen LogP contribution in [0.15, 0.2) is 18.2 Å². The third-order valence-electron chi connectivity index (χ3n) is 2.97. The molecule has 7 nitrogen and oxygen atoms in total. The summed E-state index contributed by atoms with van der Waals surface area (Å²) in [5.41, 5.74) is 5.66. The molecule has 1 unspecified atom stereocenters. The SMILES string of the molecule is Nc1ccc(C(=O)O)c(NS(=O)(=O)CC2CCCO2)c1. The Labute approximate surface area is 116 Å². The molecule has 8 heteroatoms. The maximum Gasteiger partial charge on any atom is 0.337 e. The highest BCUT2D eigenvalue weighted by molar-refractivity contribution is 7.92. The molecule has 1 aliphatic heterocycles. The van der Waals surface area contributed by atoms with Crippen LogP contribution in [0, 0.1) is 0 Å². The average molecular weight is 300 g/mol. The molecule has 1 aromatic rings. The van der Waals surface area contributed by atoms with E-state index in [0.29, 0.717) is 13.0 Å². The van der Waals surface area contributed by atoms with Crippen LogP contribution in [0.3, 0.4) is 0 Å². The van der Waals surface area contributed by atoms with E-state index < -0.39 is 16.0 Å². The van der Waals surface area contributed by atoms with Gasteiger partial charge in [-0.3, -0.25) is 4.72 Å². The zero-order chi connectivity index (χ0) is 14.8. The van der Waals surface area contributed by atoms with E-state index >= 15 is 0 Å². The summed E-state index contributed by atoms with van der Waals surface area (Å²) in [6.45, 7) is 0.554. The molecule has 0 bridgehead atoms. The number of sulfonamides is 1. The number of carboxylic acids is 1. The summed E-state index contributed by atoms with van der Waals surface area (Å²) in [5.74, 6) is -1.42. The Hall–Kier alpha value is -1.80. The van der Waals surface area contributed by atoms with Gasteiger partial charge in [0.2, 0.25) is 10.0 Å². The first-order chi connectivity index (χ1) is 9.37. The molecule has 2 rings (SSSR count). The fourth-order valence-corrected chi connectivity index (χ4v) is 3.40. The number of carbonyl (C=O) groups is 1. The lowest BCUT2D eigenvalue weighted by Crippen LogP contribution is -2.26. The summed E-state index contributed by atoms with van der Waals surface area (Å²) in [6, 6.07) is 3.96. The molecule has 0 amide bonds. The van der Waals surface area contributed by atoms with Gasteiger partial charge < -0.3 is 15.6 Å². The second-order valence-corrected chi connectivity index (χ2v) is 6.40. The average Bonchev–Trinajstić information content (AvgIpc) is 2.79. The minimum Gasteiger partial charge on any atom is -0.478 e. The van der Waals surface area contributed by atoms with Gasteiger partial charge in [-0.2, -0.15) is 0 Å². The fraction of sp³-hybridized carbons (Fsp3) is 0.417. The van der Waals surface area contributed by atoms with Crippen molar-refractivity contribution in [2.45, 2.75) is 18.9 Å². The van der Waals surface area contributed by atoms with Crippen LogP contribution in [-0.2, 0) is 14.8 Å². The molecule has 4 N–H and O–H groups in total. The van der Waals surface area contributed by atoms with Crippen molar-refractivity contribution in [1.82, 2.24) is 0 Å². The van der Waals surface area contributed by atoms with Crippen LogP contribution in [0.2, 0.25) is 0 Å². The molecule has 0 saturated carbocycles. The fourth-order valence-electron chi connectivity index (χ4n) is 2.06. The molecule has 0 aliphatic carbocycles. The number of hydrogen-bond acceptors (Lipinski definition) is 5. The van der Waals surface area contributed by atoms with Gasteiger partial charge in [0, 0.05) is 12.3 Å². The van der Waals surface area contributed by atoms with Gasteiger partial charge in [-0.1, -0.05) is 0 Å². The van der Waals surface area contributed by atoms with Gasteiger partial charge in [0.1, 0.15) is 0 Å². The molecular weight excluding hydrogens is 284 g/mol. The highest BCUT2D eigenvalue weighted by Crippen LogP contribution is 2.22. The van der Waals surface area contributed by atoms with E-state index in [2.05, 4.69) is 4.72 Å². The van der Waals surface area contributed by atoms with E-state index in [4.69, 9.17) is 15.6 Å². The summed E-state index contributed by atoms with van der Waals surface area (Å²) in [6.07, 6.45) is 1.17. The Balaban J connectivity index is 2.19. The number of aromatic carboxylic acids is 1. The molecule has 1 atom stereocenters. The number of nitrogens with two attached hydrogens (primary N) is 1. The van der Waals surface area contributed by atoms with Crippen molar-refractivity contribution in [3.8, 4) is 0 Å². The lowest BCUT2D eigenvalue weighted by atomic mass is 10.1. The van der Waals surface area contributed by atoms with E-state index in [-0.39, 0.29) is 28.8 Å². The Morgan fingerprint density at radius 3 is 2.85 bits per heavy atom. The molecule has 0 aromatic heterocycles. The molecule has 1 fully saturated rings. The lowest BCUT2D eigenvalue weighted by Gasteiger charge is -2.14. The van der Waals surface area contributed by atoms with Crippen LogP contribution < -0.4 is 10.5 Å². The van der Waals surface area contributed by atoms with Crippen LogP contribution in [0.4, 0.5) is 11.4 Å². The van der Waals surface area contributed by atoms with Gasteiger partial charge in [-0.15, -0.1) is 0 Å². The van der Waals surface area contributed by atoms with Gasteiger partial charge in [-0.25, -0.2) is 13.2 Å². The topological polar surface area (TPSA) is 119 Å². The molecule has 0 radical (unpaired) electrons. The number of benzene rings is 1. The van der Waals surface area contributed by atoms with Crippen LogP contribution in [-0.4, -0.2) is 38.0 Å². The van der Waals surface area contributed by atoms with Crippen molar-refractivity contribution in [2.75, 3.05) is 22.8 Å². The molecule has 1 aliphatic rings. The zero-order valence-corrected chi connectivity index (χ0v) is 11.5. The largest absolute Gasteiger partial charge is 0.478 e. The first-order valence-electron chi connectivity index (χ1n) is 6.12. The van der Waals surface area contributed by atoms with Gasteiger partial charge >= 0.3 is 5.97 Å². The molecule has 20 heavy (non-hydrogen) atoms. The third-order valence-corrected chi connectivity index (χ3v) is 4.31. The van der Waals surface area contributed by atoms with Crippen molar-refractivity contribution in [1.29, 1.82) is 0 Å². The maximum absolute atomic E-state index is 12.0. The maximum atomic E-state index is 12.0. The van der Waals surface area contributed by atoms with Gasteiger partial charge in [0.25, 0.3) is 0 Å². The highest BCUT2D eigenvalue weighted by atomic mass is 32.2. The normalized spacial score (nSPS) is 18.9. The second-order valence-electron chi connectivity index (χ2n) is 4.63. The number of ether oxygens (including phenoxy) is 1. The van der Waals surface area contributed by atoms with Crippen molar-refractivity contribution >= 4 is 27.4 Å². The van der Waals surface area contributed by atoms with E-state index in [9.17, 15) is 13.2 Å². The van der Waals surface area contributed by atoms with Crippen LogP contribution in [0.25, 0.3) is 0 Å². The van der Waals surface area contributed by atoms with Crippen LogP contribution in [0.1, 0.15) is 23.2 Å². The molecule has 1 saturated heterocycles. The Kier molecular flexibility index (Phi) is 4.15. The van der Waals surface area contributed by atoms with Crippen LogP contribution in [0.5, 0.6) is 0 Å². The monoisotopic (exact) mass is 300 g/mol. The lowest BCUT2D eigenvalue weighted by molar-refractivity contribution is 0.0698. The first-order valence-corrected chi connectivity index (χ1v) is 7.77. The number of anilines is 2. The predicted molar refractivity (Wildman–Crippen MR) is 74.2 cm³/mol. The quantitative estimate of drug-likeness (QED) is 0.695. The smallest absolute Gasteiger partial charge is 0.337 e. The van der Waals surface area contributed by atoms with Crippen molar-refractivity contribution < 1.29 is 23.1 Å². The Morgan fingerprint density at radius 2 is 2.25 bits per heavy atom. The molecule has 110 valence electrons. The molecule has 1 aromatic carbocycles. The predicted octanol–water partition coefficient (Wildman–Crippen LogP) is 0.888. The second kappa shape index (κ2) is 5.68. The summed E-state index contributed by atoms with van der Waals surface area (Å²) in [7, 11) is -3.68. The number of nitrogens with one attached hydrogen (secondary N) is 1. The highest BCUT2D eigenvalue weighted by Gasteiger charge is 2.24. The molecule has 1 heterocycles. The van der Waals surface area contributed by atoms with E-state index in [1.807, 2.05) is 0 Å². The van der Waals surface area contributed by atoms with E-state index in [0.717, 1.165) is 6.42 Å². The minimum atomic E-state index is -3.68. The number of rotatable bonds is 5. The van der Waals surface area contributed by atoms with Crippen molar-refractivity contribution in [3.05, 3.63) is 23.8 Å². The number of nitrogen functional groups attached to an aromatic ring is 1.